The number of hydrogen-bond acceptors (Lipinski definition) is 7. The molecule has 0 saturated heterocycles. The Morgan fingerprint density at radius 2 is 1.66 bits per heavy atom. The molecule has 7 heteroatoms. The van der Waals surface area contributed by atoms with E-state index in [4.69, 9.17) is 13.9 Å². The van der Waals surface area contributed by atoms with Gasteiger partial charge in [0.2, 0.25) is 11.3 Å². The van der Waals surface area contributed by atoms with E-state index in [1.807, 2.05) is 6.07 Å². The summed E-state index contributed by atoms with van der Waals surface area (Å²) in [4.78, 5) is 39.8. The van der Waals surface area contributed by atoms with Crippen LogP contribution in [-0.2, 0) is 19.1 Å². The molecule has 1 atom stereocenters. The number of hydrogen-bond donors (Lipinski definition) is 0. The van der Waals surface area contributed by atoms with Gasteiger partial charge in [0.25, 0.3) is 0 Å². The Morgan fingerprint density at radius 3 is 2.34 bits per heavy atom. The molecule has 0 bridgehead atoms. The van der Waals surface area contributed by atoms with E-state index in [0.717, 1.165) is 0 Å². The molecule has 1 aliphatic rings. The average molecular weight is 391 g/mol. The molecule has 3 aromatic rings. The van der Waals surface area contributed by atoms with E-state index in [0.29, 0.717) is 16.7 Å². The van der Waals surface area contributed by atoms with Crippen LogP contribution >= 0.6 is 0 Å². The summed E-state index contributed by atoms with van der Waals surface area (Å²) >= 11 is 0. The number of methoxy groups -OCH3 is 2. The molecule has 2 heterocycles. The number of rotatable bonds is 3. The summed E-state index contributed by atoms with van der Waals surface area (Å²) in [5, 5.41) is 0.372. The van der Waals surface area contributed by atoms with Crippen molar-refractivity contribution in [3.05, 3.63) is 76.0 Å². The van der Waals surface area contributed by atoms with Gasteiger partial charge in [-0.3, -0.25) is 9.69 Å². The van der Waals surface area contributed by atoms with Gasteiger partial charge in [-0.05, 0) is 30.3 Å². The molecule has 0 radical (unpaired) electrons. The van der Waals surface area contributed by atoms with E-state index in [9.17, 15) is 14.4 Å². The first-order valence-electron chi connectivity index (χ1n) is 8.84. The minimum atomic E-state index is -1.17. The minimum absolute atomic E-state index is 0.0155. The maximum atomic E-state index is 13.2. The van der Waals surface area contributed by atoms with E-state index >= 15 is 0 Å². The molecule has 4 rings (SSSR count). The normalized spacial score (nSPS) is 15.4. The number of benzene rings is 2. The van der Waals surface area contributed by atoms with Crippen molar-refractivity contribution in [3.63, 3.8) is 0 Å². The Bertz CT molecular complexity index is 1190. The average Bonchev–Trinajstić information content (AvgIpc) is 2.77. The molecule has 0 aliphatic carbocycles. The van der Waals surface area contributed by atoms with Crippen LogP contribution in [0.3, 0.4) is 0 Å². The van der Waals surface area contributed by atoms with Gasteiger partial charge in [0.1, 0.15) is 5.58 Å². The molecule has 1 aliphatic heterocycles. The lowest BCUT2D eigenvalue weighted by molar-refractivity contribution is -0.144. The number of nitrogens with zero attached hydrogens (tertiary/aromatic N) is 1. The Kier molecular flexibility index (Phi) is 4.64. The second-order valence-electron chi connectivity index (χ2n) is 6.37. The van der Waals surface area contributed by atoms with Gasteiger partial charge < -0.3 is 13.9 Å². The second-order valence-corrected chi connectivity index (χ2v) is 6.37. The van der Waals surface area contributed by atoms with Crippen LogP contribution in [0.5, 0.6) is 0 Å². The van der Waals surface area contributed by atoms with Crippen molar-refractivity contribution in [2.24, 2.45) is 0 Å². The van der Waals surface area contributed by atoms with Gasteiger partial charge in [0, 0.05) is 5.69 Å². The molecule has 0 unspecified atom stereocenters. The summed E-state index contributed by atoms with van der Waals surface area (Å²) < 4.78 is 15.9. The number of ether oxygens (including phenoxy) is 2. The number of carbonyl (C=O) groups excluding carboxylic acids is 2. The van der Waals surface area contributed by atoms with E-state index in [1.54, 1.807) is 48.5 Å². The van der Waals surface area contributed by atoms with E-state index in [-0.39, 0.29) is 22.4 Å². The lowest BCUT2D eigenvalue weighted by Gasteiger charge is -2.34. The lowest BCUT2D eigenvalue weighted by atomic mass is 9.96. The van der Waals surface area contributed by atoms with Crippen LogP contribution in [0.25, 0.3) is 17.0 Å². The number of anilines is 2. The fourth-order valence-corrected chi connectivity index (χ4v) is 3.43. The summed E-state index contributed by atoms with van der Waals surface area (Å²) in [5.41, 5.74) is 0.756. The van der Waals surface area contributed by atoms with Gasteiger partial charge >= 0.3 is 11.9 Å². The van der Waals surface area contributed by atoms with Crippen LogP contribution in [0, 0.1) is 0 Å². The molecule has 0 N–H and O–H groups in total. The van der Waals surface area contributed by atoms with E-state index in [2.05, 4.69) is 0 Å². The Hall–Kier alpha value is -3.87. The first-order chi connectivity index (χ1) is 14.1. The topological polar surface area (TPSA) is 86.0 Å². The number of carbonyl (C=O) groups is 2. The van der Waals surface area contributed by atoms with Crippen LogP contribution in [0.2, 0.25) is 0 Å². The summed E-state index contributed by atoms with van der Waals surface area (Å²) in [6, 6.07) is 14.5. The van der Waals surface area contributed by atoms with Gasteiger partial charge in [0.05, 0.1) is 30.7 Å². The van der Waals surface area contributed by atoms with Gasteiger partial charge in [0.15, 0.2) is 6.04 Å². The maximum absolute atomic E-state index is 13.2. The molecule has 7 nitrogen and oxygen atoms in total. The Labute approximate surface area is 165 Å². The van der Waals surface area contributed by atoms with Gasteiger partial charge in [-0.15, -0.1) is 0 Å². The predicted octanol–water partition coefficient (Wildman–Crippen LogP) is 3.04. The van der Waals surface area contributed by atoms with Crippen molar-refractivity contribution in [1.82, 2.24) is 0 Å². The van der Waals surface area contributed by atoms with Crippen molar-refractivity contribution in [2.75, 3.05) is 19.1 Å². The van der Waals surface area contributed by atoms with Crippen LogP contribution in [0.4, 0.5) is 11.6 Å². The van der Waals surface area contributed by atoms with E-state index < -0.39 is 18.0 Å². The highest BCUT2D eigenvalue weighted by Gasteiger charge is 2.42. The van der Waals surface area contributed by atoms with Crippen LogP contribution < -0.4 is 10.3 Å². The molecule has 0 fully saturated rings. The Morgan fingerprint density at radius 1 is 0.966 bits per heavy atom. The fourth-order valence-electron chi connectivity index (χ4n) is 3.43. The molecule has 146 valence electrons. The zero-order chi connectivity index (χ0) is 20.5. The quantitative estimate of drug-likeness (QED) is 0.634. The third kappa shape index (κ3) is 2.97. The van der Waals surface area contributed by atoms with Crippen LogP contribution in [0.15, 0.2) is 69.4 Å². The van der Waals surface area contributed by atoms with Crippen molar-refractivity contribution >= 4 is 40.6 Å². The minimum Gasteiger partial charge on any atom is -0.467 e. The summed E-state index contributed by atoms with van der Waals surface area (Å²) in [7, 11) is 2.44. The molecule has 1 aromatic heterocycles. The zero-order valence-corrected chi connectivity index (χ0v) is 15.7. The summed E-state index contributed by atoms with van der Waals surface area (Å²) in [5.74, 6) is -1.27. The molecular weight excluding hydrogens is 374 g/mol. The Balaban J connectivity index is 2.10. The maximum Gasteiger partial charge on any atom is 0.336 e. The van der Waals surface area contributed by atoms with Crippen molar-refractivity contribution < 1.29 is 23.5 Å². The standard InChI is InChI=1S/C22H17NO6/c1-27-21(25)15-12-16-19(24)14-10-6-7-11-17(14)29-20(16)23(18(15)22(26)28-2)13-8-4-3-5-9-13/h3-12,18H,1-2H3/t18-/m1/s1. The van der Waals surface area contributed by atoms with Gasteiger partial charge in [-0.2, -0.15) is 0 Å². The largest absolute Gasteiger partial charge is 0.467 e. The third-order valence-electron chi connectivity index (χ3n) is 4.76. The number of esters is 2. The molecule has 0 amide bonds. The highest BCUT2D eigenvalue weighted by atomic mass is 16.5. The third-order valence-corrected chi connectivity index (χ3v) is 4.76. The molecule has 0 spiro atoms. The smallest absolute Gasteiger partial charge is 0.336 e. The van der Waals surface area contributed by atoms with Crippen LogP contribution in [0.1, 0.15) is 5.56 Å². The summed E-state index contributed by atoms with van der Waals surface area (Å²) in [6.07, 6.45) is 1.35. The van der Waals surface area contributed by atoms with Crippen LogP contribution in [-0.4, -0.2) is 32.2 Å². The molecule has 0 saturated carbocycles. The highest BCUT2D eigenvalue weighted by molar-refractivity contribution is 6.07. The predicted molar refractivity (Wildman–Crippen MR) is 107 cm³/mol. The fraction of sp³-hybridized carbons (Fsp3) is 0.136. The molecule has 29 heavy (non-hydrogen) atoms. The second kappa shape index (κ2) is 7.27. The highest BCUT2D eigenvalue weighted by Crippen LogP contribution is 2.39. The SMILES string of the molecule is COC(=O)C1=Cc2c(oc3ccccc3c2=O)N(c2ccccc2)[C@H]1C(=O)OC. The first-order valence-corrected chi connectivity index (χ1v) is 8.84. The van der Waals surface area contributed by atoms with Crippen molar-refractivity contribution in [2.45, 2.75) is 6.04 Å². The van der Waals surface area contributed by atoms with Gasteiger partial charge in [-0.1, -0.05) is 30.3 Å². The molecular formula is C22H17NO6. The first kappa shape index (κ1) is 18.5. The molecule has 2 aromatic carbocycles. The number of fused-ring (bicyclic) bond motifs is 2. The van der Waals surface area contributed by atoms with Crippen molar-refractivity contribution in [3.8, 4) is 0 Å². The zero-order valence-electron chi connectivity index (χ0n) is 15.7. The van der Waals surface area contributed by atoms with E-state index in [1.165, 1.54) is 25.2 Å². The van der Waals surface area contributed by atoms with Gasteiger partial charge in [-0.25, -0.2) is 9.59 Å². The lowest BCUT2D eigenvalue weighted by Crippen LogP contribution is -2.45. The van der Waals surface area contributed by atoms with Crippen molar-refractivity contribution in [1.29, 1.82) is 0 Å². The number of para-hydroxylation sites is 2. The summed E-state index contributed by atoms with van der Waals surface area (Å²) in [6.45, 7) is 0. The monoisotopic (exact) mass is 391 g/mol.